The van der Waals surface area contributed by atoms with Gasteiger partial charge in [0.1, 0.15) is 13.2 Å². The van der Waals surface area contributed by atoms with E-state index < -0.39 is 6.10 Å². The molecule has 0 radical (unpaired) electrons. The van der Waals surface area contributed by atoms with Crippen molar-refractivity contribution in [1.82, 2.24) is 0 Å². The SMILES string of the molecule is CC/C=C\C/C=C\C/C=C\C/C=C\C/C=C\C/C=C\C/C=C\CCCCCCCCCC(=O)OCC(COC(=O)CCCCCCCCC)OC(=O)CCCCCCCCCCCCC. The average Bonchev–Trinajstić information content (AvgIpc) is 3.30. The van der Waals surface area contributed by atoms with Crippen LogP contribution in [0.15, 0.2) is 85.1 Å². The molecule has 0 aromatic rings. The first kappa shape index (κ1) is 61.6. The number of allylic oxidation sites excluding steroid dienone is 14. The summed E-state index contributed by atoms with van der Waals surface area (Å²) in [4.78, 5) is 37.8. The number of ether oxygens (including phenoxy) is 3. The maximum atomic E-state index is 12.7. The van der Waals surface area contributed by atoms with Gasteiger partial charge in [0, 0.05) is 19.3 Å². The molecule has 0 saturated heterocycles. The normalized spacial score (nSPS) is 12.7. The Kier molecular flexibility index (Phi) is 50.4. The van der Waals surface area contributed by atoms with Crippen molar-refractivity contribution in [2.45, 2.75) is 258 Å². The van der Waals surface area contributed by atoms with Crippen LogP contribution in [0.5, 0.6) is 0 Å². The lowest BCUT2D eigenvalue weighted by molar-refractivity contribution is -0.167. The Morgan fingerprint density at radius 2 is 0.600 bits per heavy atom. The van der Waals surface area contributed by atoms with Gasteiger partial charge in [-0.25, -0.2) is 0 Å². The molecule has 6 nitrogen and oxygen atoms in total. The Bertz CT molecular complexity index is 1270. The molecule has 0 aliphatic carbocycles. The van der Waals surface area contributed by atoms with Gasteiger partial charge in [0.25, 0.3) is 0 Å². The highest BCUT2D eigenvalue weighted by Crippen LogP contribution is 2.15. The Hall–Kier alpha value is -3.41. The van der Waals surface area contributed by atoms with Crippen LogP contribution in [-0.4, -0.2) is 37.2 Å². The standard InChI is InChI=1S/C59H100O6/c1-4-7-10-13-16-18-20-21-22-23-24-25-26-27-28-29-30-31-32-33-34-35-36-37-39-40-43-46-49-52-58(61)64-55-56(54-63-57(60)51-48-45-42-15-12-9-6-3)65-59(62)53-50-47-44-41-38-19-17-14-11-8-5-2/h7,10,16,18,21-22,24-25,27-28,30-31,33-34,56H,4-6,8-9,11-15,17,19-20,23,26,29,32,35-55H2,1-3H3/b10-7-,18-16-,22-21-,25-24-,28-27-,31-30-,34-33-. The lowest BCUT2D eigenvalue weighted by Gasteiger charge is -2.18. The summed E-state index contributed by atoms with van der Waals surface area (Å²) >= 11 is 0. The number of carbonyl (C=O) groups excluding carboxylic acids is 3. The van der Waals surface area contributed by atoms with Crippen molar-refractivity contribution in [3.63, 3.8) is 0 Å². The fourth-order valence-corrected chi connectivity index (χ4v) is 7.36. The Morgan fingerprint density at radius 1 is 0.323 bits per heavy atom. The molecule has 1 unspecified atom stereocenters. The van der Waals surface area contributed by atoms with Crippen LogP contribution in [0.25, 0.3) is 0 Å². The molecule has 0 N–H and O–H groups in total. The summed E-state index contributed by atoms with van der Waals surface area (Å²) in [6.45, 7) is 6.46. The highest BCUT2D eigenvalue weighted by Gasteiger charge is 2.19. The first-order valence-electron chi connectivity index (χ1n) is 27.1. The summed E-state index contributed by atoms with van der Waals surface area (Å²) < 4.78 is 16.7. The summed E-state index contributed by atoms with van der Waals surface area (Å²) in [5, 5.41) is 0. The highest BCUT2D eigenvalue weighted by molar-refractivity contribution is 5.71. The number of carbonyl (C=O) groups is 3. The molecule has 0 aliphatic rings. The Labute approximate surface area is 401 Å². The summed E-state index contributed by atoms with van der Waals surface area (Å²) in [5.74, 6) is -0.895. The van der Waals surface area contributed by atoms with Crippen LogP contribution in [0.4, 0.5) is 0 Å². The molecule has 0 heterocycles. The van der Waals surface area contributed by atoms with Crippen LogP contribution < -0.4 is 0 Å². The van der Waals surface area contributed by atoms with Crippen molar-refractivity contribution in [1.29, 1.82) is 0 Å². The van der Waals surface area contributed by atoms with Gasteiger partial charge in [-0.1, -0.05) is 241 Å². The number of rotatable bonds is 48. The molecule has 65 heavy (non-hydrogen) atoms. The molecule has 0 fully saturated rings. The largest absolute Gasteiger partial charge is 0.462 e. The molecule has 0 aromatic carbocycles. The van der Waals surface area contributed by atoms with E-state index >= 15 is 0 Å². The van der Waals surface area contributed by atoms with E-state index in [4.69, 9.17) is 14.2 Å². The lowest BCUT2D eigenvalue weighted by atomic mass is 10.1. The van der Waals surface area contributed by atoms with Crippen LogP contribution in [0.3, 0.4) is 0 Å². The van der Waals surface area contributed by atoms with E-state index in [1.165, 1.54) is 103 Å². The van der Waals surface area contributed by atoms with Gasteiger partial charge in [-0.15, -0.1) is 0 Å². The van der Waals surface area contributed by atoms with Crippen LogP contribution in [0.1, 0.15) is 252 Å². The van der Waals surface area contributed by atoms with Gasteiger partial charge in [0.2, 0.25) is 0 Å². The summed E-state index contributed by atoms with van der Waals surface area (Å²) in [5.41, 5.74) is 0. The fraction of sp³-hybridized carbons (Fsp3) is 0.712. The minimum atomic E-state index is -0.774. The molecular weight excluding hydrogens is 805 g/mol. The fourth-order valence-electron chi connectivity index (χ4n) is 7.36. The highest BCUT2D eigenvalue weighted by atomic mass is 16.6. The molecule has 0 spiro atoms. The zero-order valence-electron chi connectivity index (χ0n) is 42.5. The van der Waals surface area contributed by atoms with Gasteiger partial charge in [0.05, 0.1) is 0 Å². The molecular formula is C59H100O6. The first-order valence-corrected chi connectivity index (χ1v) is 27.1. The number of hydrogen-bond acceptors (Lipinski definition) is 6. The topological polar surface area (TPSA) is 78.9 Å². The zero-order chi connectivity index (χ0) is 47.2. The molecule has 0 bridgehead atoms. The first-order chi connectivity index (χ1) is 32.0. The molecule has 6 heteroatoms. The van der Waals surface area contributed by atoms with Gasteiger partial charge < -0.3 is 14.2 Å². The predicted molar refractivity (Wildman–Crippen MR) is 279 cm³/mol. The van der Waals surface area contributed by atoms with Gasteiger partial charge in [-0.2, -0.15) is 0 Å². The lowest BCUT2D eigenvalue weighted by Crippen LogP contribution is -2.30. The smallest absolute Gasteiger partial charge is 0.306 e. The third-order valence-corrected chi connectivity index (χ3v) is 11.4. The van der Waals surface area contributed by atoms with Crippen LogP contribution in [0, 0.1) is 0 Å². The summed E-state index contributed by atoms with van der Waals surface area (Å²) in [6, 6.07) is 0. The molecule has 0 saturated carbocycles. The van der Waals surface area contributed by atoms with Gasteiger partial charge >= 0.3 is 17.9 Å². The van der Waals surface area contributed by atoms with Crippen LogP contribution in [0.2, 0.25) is 0 Å². The second-order valence-corrected chi connectivity index (χ2v) is 17.8. The molecule has 1 atom stereocenters. The maximum absolute atomic E-state index is 12.7. The van der Waals surface area contributed by atoms with Crippen molar-refractivity contribution in [2.24, 2.45) is 0 Å². The predicted octanol–water partition coefficient (Wildman–Crippen LogP) is 18.0. The zero-order valence-corrected chi connectivity index (χ0v) is 42.5. The van der Waals surface area contributed by atoms with E-state index in [2.05, 4.69) is 106 Å². The molecule has 0 aromatic heterocycles. The van der Waals surface area contributed by atoms with E-state index in [1.807, 2.05) is 0 Å². The van der Waals surface area contributed by atoms with E-state index in [0.717, 1.165) is 109 Å². The average molecular weight is 905 g/mol. The van der Waals surface area contributed by atoms with Crippen molar-refractivity contribution in [2.75, 3.05) is 13.2 Å². The number of hydrogen-bond donors (Lipinski definition) is 0. The molecule has 0 aliphatic heterocycles. The number of esters is 3. The second kappa shape index (κ2) is 53.2. The Balaban J connectivity index is 4.14. The third kappa shape index (κ3) is 51.4. The van der Waals surface area contributed by atoms with Crippen LogP contribution in [-0.2, 0) is 28.6 Å². The van der Waals surface area contributed by atoms with Crippen LogP contribution >= 0.6 is 0 Å². The quantitative estimate of drug-likeness (QED) is 0.0262. The van der Waals surface area contributed by atoms with Gasteiger partial charge in [-0.05, 0) is 77.0 Å². The van der Waals surface area contributed by atoms with Gasteiger partial charge in [0.15, 0.2) is 6.10 Å². The molecule has 0 amide bonds. The van der Waals surface area contributed by atoms with E-state index in [0.29, 0.717) is 19.3 Å². The van der Waals surface area contributed by atoms with Crippen molar-refractivity contribution < 1.29 is 28.6 Å². The summed E-state index contributed by atoms with van der Waals surface area (Å²) in [7, 11) is 0. The minimum absolute atomic E-state index is 0.0775. The third-order valence-electron chi connectivity index (χ3n) is 11.4. The summed E-state index contributed by atoms with van der Waals surface area (Å²) in [6.07, 6.45) is 68.8. The van der Waals surface area contributed by atoms with Crippen molar-refractivity contribution in [3.05, 3.63) is 85.1 Å². The monoisotopic (exact) mass is 905 g/mol. The minimum Gasteiger partial charge on any atom is -0.462 e. The van der Waals surface area contributed by atoms with E-state index in [-0.39, 0.29) is 31.1 Å². The molecule has 0 rings (SSSR count). The van der Waals surface area contributed by atoms with Crippen molar-refractivity contribution in [3.8, 4) is 0 Å². The van der Waals surface area contributed by atoms with Gasteiger partial charge in [-0.3, -0.25) is 14.4 Å². The molecule has 372 valence electrons. The Morgan fingerprint density at radius 3 is 0.938 bits per heavy atom. The number of unbranched alkanes of at least 4 members (excludes halogenated alkanes) is 23. The second-order valence-electron chi connectivity index (χ2n) is 17.8. The van der Waals surface area contributed by atoms with E-state index in [9.17, 15) is 14.4 Å². The van der Waals surface area contributed by atoms with Crippen molar-refractivity contribution >= 4 is 17.9 Å². The maximum Gasteiger partial charge on any atom is 0.306 e. The van der Waals surface area contributed by atoms with E-state index in [1.54, 1.807) is 0 Å².